The Morgan fingerprint density at radius 2 is 1.86 bits per heavy atom. The van der Waals surface area contributed by atoms with Gasteiger partial charge < -0.3 is 9.88 Å². The molecule has 188 valence electrons. The van der Waals surface area contributed by atoms with Crippen molar-refractivity contribution in [1.82, 2.24) is 14.5 Å². The van der Waals surface area contributed by atoms with Crippen molar-refractivity contribution in [1.29, 1.82) is 0 Å². The molecule has 11 heteroatoms. The van der Waals surface area contributed by atoms with E-state index in [9.17, 15) is 26.4 Å². The fraction of sp³-hybridized carbons (Fsp3) is 0.458. The quantitative estimate of drug-likeness (QED) is 0.551. The fourth-order valence-electron chi connectivity index (χ4n) is 4.60. The Balaban J connectivity index is 1.79. The Morgan fingerprint density at radius 3 is 2.49 bits per heavy atom. The summed E-state index contributed by atoms with van der Waals surface area (Å²) in [5.74, 6) is -3.79. The Morgan fingerprint density at radius 1 is 1.20 bits per heavy atom. The molecule has 1 fully saturated rings. The van der Waals surface area contributed by atoms with Gasteiger partial charge in [0.15, 0.2) is 0 Å². The van der Waals surface area contributed by atoms with Crippen LogP contribution >= 0.6 is 0 Å². The Kier molecular flexibility index (Phi) is 6.41. The zero-order chi connectivity index (χ0) is 25.7. The van der Waals surface area contributed by atoms with Gasteiger partial charge in [-0.25, -0.2) is 31.6 Å². The highest BCUT2D eigenvalue weighted by Gasteiger charge is 2.31. The van der Waals surface area contributed by atoms with Gasteiger partial charge in [0.1, 0.15) is 32.8 Å². The predicted octanol–water partition coefficient (Wildman–Crippen LogP) is 4.35. The first kappa shape index (κ1) is 25.2. The molecule has 0 bridgehead atoms. The van der Waals surface area contributed by atoms with E-state index in [1.54, 1.807) is 27.0 Å². The van der Waals surface area contributed by atoms with Crippen molar-refractivity contribution in [3.05, 3.63) is 63.1 Å². The van der Waals surface area contributed by atoms with Gasteiger partial charge in [-0.1, -0.05) is 18.2 Å². The maximum atomic E-state index is 14.9. The average molecular weight is 509 g/mol. The van der Waals surface area contributed by atoms with E-state index >= 15 is 0 Å². The van der Waals surface area contributed by atoms with Gasteiger partial charge in [0.2, 0.25) is 0 Å². The van der Waals surface area contributed by atoms with Crippen LogP contribution in [-0.4, -0.2) is 34.5 Å². The minimum Gasteiger partial charge on any atom is -0.363 e. The van der Waals surface area contributed by atoms with Gasteiger partial charge in [0.25, 0.3) is 11.5 Å². The molecule has 35 heavy (non-hydrogen) atoms. The lowest BCUT2D eigenvalue weighted by Gasteiger charge is -2.25. The van der Waals surface area contributed by atoms with Gasteiger partial charge in [-0.2, -0.15) is 0 Å². The molecule has 2 aromatic heterocycles. The first-order valence-corrected chi connectivity index (χ1v) is 13.1. The number of aromatic nitrogens is 3. The molecule has 4 rings (SSSR count). The van der Waals surface area contributed by atoms with Crippen LogP contribution in [0.4, 0.5) is 19.0 Å². The lowest BCUT2D eigenvalue weighted by atomic mass is 9.96. The predicted molar refractivity (Wildman–Crippen MR) is 128 cm³/mol. The maximum Gasteiger partial charge on any atom is 0.277 e. The Labute approximate surface area is 201 Å². The Hall–Kier alpha value is -2.95. The summed E-state index contributed by atoms with van der Waals surface area (Å²) in [7, 11) is -1.46. The van der Waals surface area contributed by atoms with Crippen LogP contribution in [0.3, 0.4) is 0 Å². The van der Waals surface area contributed by atoms with Crippen LogP contribution < -0.4 is 10.9 Å². The number of nitrogens with zero attached hydrogens (tertiary/aromatic N) is 3. The molecule has 1 aliphatic rings. The molecule has 0 aliphatic carbocycles. The topological polar surface area (TPSA) is 94.0 Å². The van der Waals surface area contributed by atoms with Gasteiger partial charge in [-0.15, -0.1) is 0 Å². The normalized spacial score (nSPS) is 17.5. The summed E-state index contributed by atoms with van der Waals surface area (Å²) in [4.78, 5) is 21.9. The molecule has 0 spiro atoms. The summed E-state index contributed by atoms with van der Waals surface area (Å²) >= 11 is 0. The van der Waals surface area contributed by atoms with Crippen molar-refractivity contribution in [2.24, 2.45) is 7.05 Å². The first-order valence-electron chi connectivity index (χ1n) is 11.3. The molecule has 1 atom stereocenters. The highest BCUT2D eigenvalue weighted by atomic mass is 32.2. The average Bonchev–Trinajstić information content (AvgIpc) is 2.76. The molecule has 1 aromatic carbocycles. The number of fused-ring (bicyclic) bond motifs is 1. The minimum atomic E-state index is -3.34. The van der Waals surface area contributed by atoms with Crippen molar-refractivity contribution in [3.8, 4) is 0 Å². The molecule has 1 aliphatic heterocycles. The molecule has 0 amide bonds. The molecule has 0 radical (unpaired) electrons. The molecule has 3 aromatic rings. The van der Waals surface area contributed by atoms with Crippen molar-refractivity contribution >= 4 is 26.6 Å². The summed E-state index contributed by atoms with van der Waals surface area (Å²) in [5.41, 5.74) is -0.188. The second kappa shape index (κ2) is 8.92. The zero-order valence-electron chi connectivity index (χ0n) is 19.9. The van der Waals surface area contributed by atoms with Gasteiger partial charge >= 0.3 is 0 Å². The number of hydrogen-bond donors (Lipinski definition) is 1. The van der Waals surface area contributed by atoms with Crippen molar-refractivity contribution < 1.29 is 21.6 Å². The summed E-state index contributed by atoms with van der Waals surface area (Å²) in [5, 5.41) is 3.48. The molecule has 1 N–H and O–H groups in total. The number of alkyl halides is 2. The number of sulfone groups is 1. The highest BCUT2D eigenvalue weighted by Crippen LogP contribution is 2.34. The number of nitrogens with one attached hydrogen (secondary N) is 1. The summed E-state index contributed by atoms with van der Waals surface area (Å²) in [6, 6.07) is 4.86. The summed E-state index contributed by atoms with van der Waals surface area (Å²) in [6.45, 7) is 3.88. The number of pyridine rings is 1. The molecular weight excluding hydrogens is 481 g/mol. The number of halogens is 3. The van der Waals surface area contributed by atoms with Gasteiger partial charge in [-0.05, 0) is 32.8 Å². The summed E-state index contributed by atoms with van der Waals surface area (Å²) < 4.78 is 67.9. The first-order chi connectivity index (χ1) is 16.3. The van der Waals surface area contributed by atoms with Gasteiger partial charge in [0, 0.05) is 31.1 Å². The highest BCUT2D eigenvalue weighted by molar-refractivity contribution is 7.91. The van der Waals surface area contributed by atoms with E-state index in [1.807, 2.05) is 0 Å². The van der Waals surface area contributed by atoms with E-state index < -0.39 is 33.2 Å². The van der Waals surface area contributed by atoms with E-state index in [-0.39, 0.29) is 39.9 Å². The monoisotopic (exact) mass is 508 g/mol. The number of hydrogen-bond acceptors (Lipinski definition) is 6. The lowest BCUT2D eigenvalue weighted by molar-refractivity contribution is 0.0136. The minimum absolute atomic E-state index is 0.0370. The third-order valence-corrected chi connectivity index (χ3v) is 8.25. The van der Waals surface area contributed by atoms with Gasteiger partial charge in [-0.3, -0.25) is 4.79 Å². The van der Waals surface area contributed by atoms with Crippen LogP contribution in [0.1, 0.15) is 61.3 Å². The SMILES string of the molecule is Cc1nc(N[C@H](C)c2cccc(C(C)(F)F)c2F)c2cc(C3CCS(=O)(=O)CC3)n(C)c(=O)c2n1. The number of benzene rings is 1. The lowest BCUT2D eigenvalue weighted by Crippen LogP contribution is -2.28. The second-order valence-electron chi connectivity index (χ2n) is 9.20. The van der Waals surface area contributed by atoms with Crippen LogP contribution in [0, 0.1) is 12.7 Å². The third kappa shape index (κ3) is 4.91. The van der Waals surface area contributed by atoms with E-state index in [4.69, 9.17) is 0 Å². The summed E-state index contributed by atoms with van der Waals surface area (Å²) in [6.07, 6.45) is 0.798. The van der Waals surface area contributed by atoms with Crippen molar-refractivity contribution in [2.45, 2.75) is 51.5 Å². The largest absolute Gasteiger partial charge is 0.363 e. The van der Waals surface area contributed by atoms with Crippen LogP contribution in [0.25, 0.3) is 10.9 Å². The van der Waals surface area contributed by atoms with E-state index in [0.29, 0.717) is 36.7 Å². The Bertz CT molecular complexity index is 1450. The van der Waals surface area contributed by atoms with E-state index in [0.717, 1.165) is 6.07 Å². The third-order valence-electron chi connectivity index (χ3n) is 6.54. The standard InChI is InChI=1S/C24H27F3N4O3S/c1-13(16-6-5-7-18(20(16)25)24(3,26)27)28-22-17-12-19(15-8-10-35(33,34)11-9-15)31(4)23(32)21(17)29-14(2)30-22/h5-7,12-13,15H,8-11H2,1-4H3,(H,28,29,30)/t13-/m1/s1. The molecule has 1 saturated heterocycles. The van der Waals surface area contributed by atoms with E-state index in [2.05, 4.69) is 15.3 Å². The second-order valence-corrected chi connectivity index (χ2v) is 11.5. The molecule has 0 unspecified atom stereocenters. The van der Waals surface area contributed by atoms with Crippen molar-refractivity contribution in [3.63, 3.8) is 0 Å². The number of rotatable bonds is 5. The number of anilines is 1. The molecule has 0 saturated carbocycles. The van der Waals surface area contributed by atoms with Crippen LogP contribution in [0.2, 0.25) is 0 Å². The zero-order valence-corrected chi connectivity index (χ0v) is 20.7. The maximum absolute atomic E-state index is 14.9. The van der Waals surface area contributed by atoms with Crippen LogP contribution in [0.15, 0.2) is 29.1 Å². The molecule has 7 nitrogen and oxygen atoms in total. The van der Waals surface area contributed by atoms with Crippen LogP contribution in [-0.2, 0) is 22.8 Å². The molecule has 3 heterocycles. The smallest absolute Gasteiger partial charge is 0.277 e. The van der Waals surface area contributed by atoms with Crippen molar-refractivity contribution in [2.75, 3.05) is 16.8 Å². The fourth-order valence-corrected chi connectivity index (χ4v) is 6.09. The molecular formula is C24H27F3N4O3S. The van der Waals surface area contributed by atoms with Crippen LogP contribution in [0.5, 0.6) is 0 Å². The van der Waals surface area contributed by atoms with E-state index in [1.165, 1.54) is 16.7 Å². The van der Waals surface area contributed by atoms with Gasteiger partial charge in [0.05, 0.1) is 28.5 Å². The number of aryl methyl sites for hydroxylation is 1.